The lowest BCUT2D eigenvalue weighted by Gasteiger charge is -2.23. The van der Waals surface area contributed by atoms with Crippen molar-refractivity contribution < 1.29 is 0 Å². The van der Waals surface area contributed by atoms with Crippen LogP contribution in [-0.2, 0) is 6.54 Å². The Morgan fingerprint density at radius 1 is 1.50 bits per heavy atom. The van der Waals surface area contributed by atoms with Crippen LogP contribution >= 0.6 is 11.3 Å². The standard InChI is InChI=1S/C12H21N3S/c1-15(11-4-2-3-5-11)8-6-13-10-12-14-7-9-16-12/h7,9,11,13H,2-6,8,10H2,1H3. The molecule has 0 aliphatic heterocycles. The topological polar surface area (TPSA) is 28.2 Å². The number of thiazole rings is 1. The average molecular weight is 239 g/mol. The molecule has 0 radical (unpaired) electrons. The molecule has 1 N–H and O–H groups in total. The van der Waals surface area contributed by atoms with Crippen LogP contribution < -0.4 is 5.32 Å². The Hall–Kier alpha value is -0.450. The van der Waals surface area contributed by atoms with Gasteiger partial charge in [-0.25, -0.2) is 4.98 Å². The molecule has 0 saturated heterocycles. The summed E-state index contributed by atoms with van der Waals surface area (Å²) in [4.78, 5) is 6.75. The highest BCUT2D eigenvalue weighted by Gasteiger charge is 2.18. The maximum Gasteiger partial charge on any atom is 0.106 e. The van der Waals surface area contributed by atoms with Crippen LogP contribution in [-0.4, -0.2) is 36.1 Å². The normalized spacial score (nSPS) is 17.4. The van der Waals surface area contributed by atoms with E-state index in [4.69, 9.17) is 0 Å². The number of hydrogen-bond acceptors (Lipinski definition) is 4. The number of aromatic nitrogens is 1. The van der Waals surface area contributed by atoms with Gasteiger partial charge in [0.05, 0.1) is 0 Å². The fourth-order valence-corrected chi connectivity index (χ4v) is 2.90. The largest absolute Gasteiger partial charge is 0.309 e. The average Bonchev–Trinajstić information content (AvgIpc) is 2.96. The smallest absolute Gasteiger partial charge is 0.106 e. The van der Waals surface area contributed by atoms with Crippen LogP contribution in [0.4, 0.5) is 0 Å². The number of nitrogens with one attached hydrogen (secondary N) is 1. The number of hydrogen-bond donors (Lipinski definition) is 1. The summed E-state index contributed by atoms with van der Waals surface area (Å²) >= 11 is 1.72. The second-order valence-corrected chi connectivity index (χ2v) is 5.50. The van der Waals surface area contributed by atoms with E-state index in [9.17, 15) is 0 Å². The van der Waals surface area contributed by atoms with Crippen molar-refractivity contribution in [1.82, 2.24) is 15.2 Å². The molecule has 1 aromatic rings. The van der Waals surface area contributed by atoms with E-state index in [1.165, 1.54) is 30.7 Å². The van der Waals surface area contributed by atoms with Crippen LogP contribution in [0.25, 0.3) is 0 Å². The summed E-state index contributed by atoms with van der Waals surface area (Å²) < 4.78 is 0. The molecule has 90 valence electrons. The predicted molar refractivity (Wildman–Crippen MR) is 68.7 cm³/mol. The summed E-state index contributed by atoms with van der Waals surface area (Å²) in [5.41, 5.74) is 0. The lowest BCUT2D eigenvalue weighted by Crippen LogP contribution is -2.35. The molecule has 1 aromatic heterocycles. The molecule has 1 fully saturated rings. The van der Waals surface area contributed by atoms with Crippen LogP contribution in [0.15, 0.2) is 11.6 Å². The fourth-order valence-electron chi connectivity index (χ4n) is 2.32. The van der Waals surface area contributed by atoms with Gasteiger partial charge < -0.3 is 10.2 Å². The van der Waals surface area contributed by atoms with E-state index in [2.05, 4.69) is 22.2 Å². The molecule has 3 nitrogen and oxygen atoms in total. The Balaban J connectivity index is 1.57. The maximum absolute atomic E-state index is 4.25. The monoisotopic (exact) mass is 239 g/mol. The highest BCUT2D eigenvalue weighted by Crippen LogP contribution is 2.21. The summed E-state index contributed by atoms with van der Waals surface area (Å²) in [6, 6.07) is 0.835. The number of nitrogens with zero attached hydrogens (tertiary/aromatic N) is 2. The molecule has 0 unspecified atom stereocenters. The third-order valence-corrected chi connectivity index (χ3v) is 4.13. The molecular weight excluding hydrogens is 218 g/mol. The zero-order valence-electron chi connectivity index (χ0n) is 9.98. The summed E-state index contributed by atoms with van der Waals surface area (Å²) in [6.07, 6.45) is 7.49. The van der Waals surface area contributed by atoms with E-state index in [0.717, 1.165) is 25.7 Å². The Morgan fingerprint density at radius 3 is 3.00 bits per heavy atom. The van der Waals surface area contributed by atoms with Crippen molar-refractivity contribution >= 4 is 11.3 Å². The number of likely N-dealkylation sites (N-methyl/N-ethyl adjacent to an activating group) is 1. The van der Waals surface area contributed by atoms with Crippen molar-refractivity contribution in [2.75, 3.05) is 20.1 Å². The molecule has 0 aromatic carbocycles. The van der Waals surface area contributed by atoms with E-state index < -0.39 is 0 Å². The third-order valence-electron chi connectivity index (χ3n) is 3.35. The Morgan fingerprint density at radius 2 is 2.31 bits per heavy atom. The summed E-state index contributed by atoms with van der Waals surface area (Å²) in [5.74, 6) is 0. The molecule has 1 aliphatic carbocycles. The van der Waals surface area contributed by atoms with Crippen molar-refractivity contribution in [3.05, 3.63) is 16.6 Å². The first-order valence-electron chi connectivity index (χ1n) is 6.15. The zero-order valence-corrected chi connectivity index (χ0v) is 10.8. The van der Waals surface area contributed by atoms with Gasteiger partial charge in [0, 0.05) is 37.3 Å². The fraction of sp³-hybridized carbons (Fsp3) is 0.750. The van der Waals surface area contributed by atoms with Crippen molar-refractivity contribution in [3.63, 3.8) is 0 Å². The molecule has 1 saturated carbocycles. The highest BCUT2D eigenvalue weighted by molar-refractivity contribution is 7.09. The Kier molecular flexibility index (Phi) is 4.75. The molecular formula is C12H21N3S. The minimum absolute atomic E-state index is 0.835. The number of rotatable bonds is 6. The van der Waals surface area contributed by atoms with Crippen LogP contribution in [0, 0.1) is 0 Å². The van der Waals surface area contributed by atoms with Crippen LogP contribution in [0.3, 0.4) is 0 Å². The van der Waals surface area contributed by atoms with Gasteiger partial charge in [-0.2, -0.15) is 0 Å². The lowest BCUT2D eigenvalue weighted by molar-refractivity contribution is 0.245. The highest BCUT2D eigenvalue weighted by atomic mass is 32.1. The van der Waals surface area contributed by atoms with Gasteiger partial charge in [0.25, 0.3) is 0 Å². The third kappa shape index (κ3) is 3.54. The van der Waals surface area contributed by atoms with Gasteiger partial charge in [-0.05, 0) is 19.9 Å². The molecule has 1 aliphatic rings. The van der Waals surface area contributed by atoms with Gasteiger partial charge in [-0.1, -0.05) is 12.8 Å². The second kappa shape index (κ2) is 6.33. The molecule has 16 heavy (non-hydrogen) atoms. The summed E-state index contributed by atoms with van der Waals surface area (Å²) in [5, 5.41) is 6.66. The van der Waals surface area contributed by atoms with Crippen molar-refractivity contribution in [1.29, 1.82) is 0 Å². The maximum atomic E-state index is 4.25. The van der Waals surface area contributed by atoms with Gasteiger partial charge in [-0.15, -0.1) is 11.3 Å². The van der Waals surface area contributed by atoms with E-state index in [-0.39, 0.29) is 0 Å². The summed E-state index contributed by atoms with van der Waals surface area (Å²) in [7, 11) is 2.25. The van der Waals surface area contributed by atoms with Crippen LogP contribution in [0.2, 0.25) is 0 Å². The molecule has 2 rings (SSSR count). The van der Waals surface area contributed by atoms with Gasteiger partial charge in [0.15, 0.2) is 0 Å². The second-order valence-electron chi connectivity index (χ2n) is 4.52. The minimum Gasteiger partial charge on any atom is -0.309 e. The van der Waals surface area contributed by atoms with E-state index in [1.54, 1.807) is 11.3 Å². The van der Waals surface area contributed by atoms with Crippen LogP contribution in [0.5, 0.6) is 0 Å². The molecule has 0 spiro atoms. The van der Waals surface area contributed by atoms with Gasteiger partial charge in [0.2, 0.25) is 0 Å². The Labute approximate surface area is 102 Å². The zero-order chi connectivity index (χ0) is 11.2. The van der Waals surface area contributed by atoms with Crippen molar-refractivity contribution in [2.24, 2.45) is 0 Å². The molecule has 0 amide bonds. The van der Waals surface area contributed by atoms with E-state index >= 15 is 0 Å². The minimum atomic E-state index is 0.835. The van der Waals surface area contributed by atoms with Crippen LogP contribution in [0.1, 0.15) is 30.7 Å². The first-order valence-corrected chi connectivity index (χ1v) is 7.03. The predicted octanol–water partition coefficient (Wildman–Crippen LogP) is 2.11. The first-order chi connectivity index (χ1) is 7.86. The molecule has 1 heterocycles. The molecule has 4 heteroatoms. The van der Waals surface area contributed by atoms with Gasteiger partial charge in [-0.3, -0.25) is 0 Å². The SMILES string of the molecule is CN(CCNCc1nccs1)C1CCCC1. The Bertz CT molecular complexity index is 280. The lowest BCUT2D eigenvalue weighted by atomic mass is 10.2. The summed E-state index contributed by atoms with van der Waals surface area (Å²) in [6.45, 7) is 3.12. The van der Waals surface area contributed by atoms with Gasteiger partial charge >= 0.3 is 0 Å². The van der Waals surface area contributed by atoms with Crippen molar-refractivity contribution in [3.8, 4) is 0 Å². The van der Waals surface area contributed by atoms with E-state index in [1.807, 2.05) is 11.6 Å². The molecule has 0 bridgehead atoms. The molecule has 0 atom stereocenters. The van der Waals surface area contributed by atoms with Gasteiger partial charge in [0.1, 0.15) is 5.01 Å². The first kappa shape index (κ1) is 12.0. The van der Waals surface area contributed by atoms with Crippen molar-refractivity contribution in [2.45, 2.75) is 38.3 Å². The van der Waals surface area contributed by atoms with E-state index in [0.29, 0.717) is 0 Å². The quantitative estimate of drug-likeness (QED) is 0.771.